The first-order chi connectivity index (χ1) is 33.5. The second kappa shape index (κ2) is 19.2. The van der Waals surface area contributed by atoms with E-state index in [4.69, 9.17) is 0 Å². The van der Waals surface area contributed by atoms with Crippen LogP contribution in [-0.4, -0.2) is 77.0 Å². The van der Waals surface area contributed by atoms with E-state index < -0.39 is 39.7 Å². The van der Waals surface area contributed by atoms with E-state index in [0.717, 1.165) is 25.6 Å². The molecule has 6 aliphatic rings. The van der Waals surface area contributed by atoms with Crippen LogP contribution in [0, 0.1) is 11.8 Å². The van der Waals surface area contributed by atoms with Gasteiger partial charge in [-0.3, -0.25) is 0 Å². The fourth-order valence-electron chi connectivity index (χ4n) is 14.2. The molecule has 0 aliphatic heterocycles. The van der Waals surface area contributed by atoms with Crippen LogP contribution in [0.5, 0.6) is 0 Å². The molecule has 0 fully saturated rings. The topological polar surface area (TPSA) is 116 Å². The Kier molecular flexibility index (Phi) is 13.2. The normalized spacial score (nSPS) is 26.0. The molecule has 8 unspecified atom stereocenters. The van der Waals surface area contributed by atoms with Crippen LogP contribution in [0.2, 0.25) is 33.5 Å². The molecule has 8 nitrogen and oxygen atoms in total. The summed E-state index contributed by atoms with van der Waals surface area (Å²) in [6.45, 7) is 18.9. The number of amides is 4. The van der Waals surface area contributed by atoms with E-state index in [1.54, 1.807) is 0 Å². The van der Waals surface area contributed by atoms with E-state index in [2.05, 4.69) is 172 Å². The molecule has 0 heterocycles. The van der Waals surface area contributed by atoms with Crippen molar-refractivity contribution in [2.75, 3.05) is 0 Å². The number of nitrogens with one attached hydrogen (secondary N) is 4. The number of benzene rings is 4. The molecule has 10 rings (SSSR count). The second-order valence-corrected chi connectivity index (χ2v) is 30.9. The molecule has 4 amide bonds. The molecule has 350 valence electrons. The van der Waals surface area contributed by atoms with Crippen molar-refractivity contribution in [3.8, 4) is 22.3 Å². The van der Waals surface area contributed by atoms with E-state index in [0.29, 0.717) is 12.8 Å². The van der Waals surface area contributed by atoms with Crippen molar-refractivity contribution in [3.63, 3.8) is 0 Å². The van der Waals surface area contributed by atoms with Crippen molar-refractivity contribution < 1.29 is 42.1 Å². The van der Waals surface area contributed by atoms with Crippen LogP contribution in [0.25, 0.3) is 22.3 Å². The van der Waals surface area contributed by atoms with Gasteiger partial charge in [0.25, 0.3) is 0 Å². The van der Waals surface area contributed by atoms with Crippen LogP contribution < -0.4 is 21.3 Å². The summed E-state index contributed by atoms with van der Waals surface area (Å²) in [6, 6.07) is 34.6. The van der Waals surface area contributed by atoms with Gasteiger partial charge in [-0.05, 0) is 0 Å². The Balaban J connectivity index is 1.23. The Morgan fingerprint density at radius 3 is 1.06 bits per heavy atom. The molecule has 69 heavy (non-hydrogen) atoms. The average Bonchev–Trinajstić information content (AvgIpc) is 3.97. The van der Waals surface area contributed by atoms with E-state index in [1.807, 2.05) is 0 Å². The summed E-state index contributed by atoms with van der Waals surface area (Å²) < 4.78 is 0.427. The van der Waals surface area contributed by atoms with Gasteiger partial charge in [0.15, 0.2) is 0 Å². The van der Waals surface area contributed by atoms with Crippen LogP contribution in [-0.2, 0) is 42.1 Å². The molecule has 4 aromatic carbocycles. The van der Waals surface area contributed by atoms with Crippen molar-refractivity contribution in [1.29, 1.82) is 0 Å². The third kappa shape index (κ3) is 7.59. The Morgan fingerprint density at radius 2 is 0.768 bits per heavy atom. The van der Waals surface area contributed by atoms with Crippen LogP contribution in [0.4, 0.5) is 0 Å². The summed E-state index contributed by atoms with van der Waals surface area (Å²) in [5, 5.41) is 15.7. The quantitative estimate of drug-likeness (QED) is 0.0838. The number of carbonyl (C=O) groups is 4. The van der Waals surface area contributed by atoms with Gasteiger partial charge in [0.1, 0.15) is 0 Å². The van der Waals surface area contributed by atoms with Crippen molar-refractivity contribution in [2.24, 2.45) is 11.8 Å². The van der Waals surface area contributed by atoms with Crippen LogP contribution in [0.15, 0.2) is 142 Å². The Bertz CT molecular complexity index is 2740. The zero-order chi connectivity index (χ0) is 48.4. The number of allylic oxidation sites excluding steroid dienone is 6. The van der Waals surface area contributed by atoms with Gasteiger partial charge >= 0.3 is 424 Å². The SMILES string of the molecule is CC1=C(C2c3ccccc3-c3ccccc32)C2=C(CC(NC=O)C(NC=O)C(=[Si](C)C)C2C)[CH]1[Hf][CH]1C(C)=C(C2c3ccccc3-c3ccccc32)C2=C1CC(NC=O)C(NC=O)C(=[Si](C)C)C2C. The van der Waals surface area contributed by atoms with Gasteiger partial charge < -0.3 is 0 Å². The van der Waals surface area contributed by atoms with Gasteiger partial charge in [0.2, 0.25) is 0 Å². The molecule has 4 N–H and O–H groups in total. The molecule has 0 saturated heterocycles. The van der Waals surface area contributed by atoms with Crippen LogP contribution in [0.1, 0.15) is 74.6 Å². The first-order valence-corrected chi connectivity index (χ1v) is 33.8. The molecule has 0 bridgehead atoms. The molecule has 4 aromatic rings. The fraction of sp³-hybridized carbons (Fsp3) is 0.345. The van der Waals surface area contributed by atoms with E-state index in [1.165, 1.54) is 99.4 Å². The minimum absolute atomic E-state index is 0.0512. The molecule has 0 spiro atoms. The first-order valence-electron chi connectivity index (χ1n) is 24.6. The van der Waals surface area contributed by atoms with E-state index in [9.17, 15) is 19.2 Å². The fourth-order valence-corrected chi connectivity index (χ4v) is 25.6. The third-order valence-electron chi connectivity index (χ3n) is 16.6. The van der Waals surface area contributed by atoms with Crippen LogP contribution in [0.3, 0.4) is 0 Å². The van der Waals surface area contributed by atoms with E-state index >= 15 is 0 Å². The number of rotatable bonds is 12. The van der Waals surface area contributed by atoms with Gasteiger partial charge in [0.05, 0.1) is 0 Å². The summed E-state index contributed by atoms with van der Waals surface area (Å²) in [7, 11) is -2.21. The summed E-state index contributed by atoms with van der Waals surface area (Å²) >= 11 is -2.01. The van der Waals surface area contributed by atoms with Gasteiger partial charge in [-0.1, -0.05) is 0 Å². The Morgan fingerprint density at radius 1 is 0.464 bits per heavy atom. The number of hydrogen-bond acceptors (Lipinski definition) is 4. The second-order valence-electron chi connectivity index (χ2n) is 20.4. The molecule has 6 aliphatic carbocycles. The van der Waals surface area contributed by atoms with Crippen LogP contribution >= 0.6 is 0 Å². The predicted octanol–water partition coefficient (Wildman–Crippen LogP) is 9.08. The molecule has 0 radical (unpaired) electrons. The zero-order valence-electron chi connectivity index (χ0n) is 40.9. The number of hydrogen-bond donors (Lipinski definition) is 4. The Hall–Kier alpha value is -5.24. The van der Waals surface area contributed by atoms with Gasteiger partial charge in [-0.25, -0.2) is 0 Å². The van der Waals surface area contributed by atoms with E-state index in [-0.39, 0.29) is 55.2 Å². The van der Waals surface area contributed by atoms with Gasteiger partial charge in [0, 0.05) is 0 Å². The van der Waals surface area contributed by atoms with Crippen molar-refractivity contribution in [3.05, 3.63) is 164 Å². The molecular formula is C58H62HfN4O4Si2. The minimum atomic E-state index is -2.01. The van der Waals surface area contributed by atoms with Gasteiger partial charge in [-0.2, -0.15) is 0 Å². The maximum absolute atomic E-state index is 12.7. The standard InChI is InChI=1S/2C29H31N2O2Si.Hf/c2*1-17-13-19-14-24(30-15-32)28(31-16-33)29(34(3)4)18(2)26(19)25(17)27-22-11-7-5-9-20(22)21-10-6-8-12-23(21)27;/h2*5-13,15-16,18,24,27-28H,14H2,1-4H3,(H,30,32)(H,31,33);. The van der Waals surface area contributed by atoms with Gasteiger partial charge in [-0.15, -0.1) is 0 Å². The van der Waals surface area contributed by atoms with Crippen molar-refractivity contribution in [1.82, 2.24) is 21.3 Å². The predicted molar refractivity (Wildman–Crippen MR) is 279 cm³/mol. The first kappa shape index (κ1) is 47.4. The maximum atomic E-state index is 12.7. The summed E-state index contributed by atoms with van der Waals surface area (Å²) in [6.07, 6.45) is 4.63. The summed E-state index contributed by atoms with van der Waals surface area (Å²) in [4.78, 5) is 50.5. The molecule has 0 aromatic heterocycles. The summed E-state index contributed by atoms with van der Waals surface area (Å²) in [5.74, 6) is 0.207. The van der Waals surface area contributed by atoms with Crippen molar-refractivity contribution in [2.45, 2.75) is 110 Å². The summed E-state index contributed by atoms with van der Waals surface area (Å²) in [5.41, 5.74) is 22.0. The Labute approximate surface area is 421 Å². The average molecular weight is 1110 g/mol. The number of carbonyl (C=O) groups excluding carboxylic acids is 4. The molecule has 0 saturated carbocycles. The third-order valence-corrected chi connectivity index (χ3v) is 28.4. The number of fused-ring (bicyclic) bond motifs is 6. The molecule has 11 heteroatoms. The molecular weight excluding hydrogens is 1050 g/mol. The monoisotopic (exact) mass is 1110 g/mol. The molecule has 8 atom stereocenters. The van der Waals surface area contributed by atoms with Crippen molar-refractivity contribution >= 4 is 52.8 Å². The zero-order valence-corrected chi connectivity index (χ0v) is 46.5.